The fourth-order valence-corrected chi connectivity index (χ4v) is 1.11. The van der Waals surface area contributed by atoms with Gasteiger partial charge >= 0.3 is 9.05 Å². The van der Waals surface area contributed by atoms with Crippen molar-refractivity contribution >= 4 is 9.05 Å². The number of aliphatic hydroxyl groups excluding tert-OH is 1. The fourth-order valence-electron chi connectivity index (χ4n) is 0.499. The molecule has 0 spiro atoms. The molecule has 0 aromatic carbocycles. The van der Waals surface area contributed by atoms with Crippen LogP contribution in [0.2, 0.25) is 0 Å². The number of ether oxygens (including phenoxy) is 1. The molecule has 7 heteroatoms. The monoisotopic (exact) mass is 184 g/mol. The van der Waals surface area contributed by atoms with Crippen molar-refractivity contribution in [2.75, 3.05) is 7.11 Å². The van der Waals surface area contributed by atoms with Crippen molar-refractivity contribution in [2.45, 2.75) is 19.3 Å². The second-order valence-corrected chi connectivity index (χ2v) is 3.41. The standard InChI is InChI=1S/C4H12O6Si/c1-3(4(5)9-2)10-11(6,7)8/h3-8H,1-2H3. The zero-order valence-corrected chi connectivity index (χ0v) is 7.26. The van der Waals surface area contributed by atoms with Crippen molar-refractivity contribution < 1.29 is 28.7 Å². The van der Waals surface area contributed by atoms with Gasteiger partial charge in [-0.25, -0.2) is 0 Å². The first-order valence-electron chi connectivity index (χ1n) is 2.92. The van der Waals surface area contributed by atoms with Crippen LogP contribution in [0.3, 0.4) is 0 Å². The lowest BCUT2D eigenvalue weighted by atomic mass is 10.4. The molecule has 0 aliphatic rings. The summed E-state index contributed by atoms with van der Waals surface area (Å²) >= 11 is 0. The molecule has 0 fully saturated rings. The normalized spacial score (nSPS) is 18.0. The summed E-state index contributed by atoms with van der Waals surface area (Å²) < 4.78 is 8.60. The third-order valence-corrected chi connectivity index (χ3v) is 1.68. The van der Waals surface area contributed by atoms with Crippen LogP contribution in [0.15, 0.2) is 0 Å². The van der Waals surface area contributed by atoms with E-state index in [1.165, 1.54) is 14.0 Å². The van der Waals surface area contributed by atoms with Crippen LogP contribution in [-0.2, 0) is 9.16 Å². The Balaban J connectivity index is 3.77. The smallest absolute Gasteiger partial charge is 0.368 e. The quantitative estimate of drug-likeness (QED) is 0.291. The molecule has 0 bridgehead atoms. The second-order valence-electron chi connectivity index (χ2n) is 2.02. The highest BCUT2D eigenvalue weighted by atomic mass is 28.4. The van der Waals surface area contributed by atoms with E-state index < -0.39 is 21.4 Å². The van der Waals surface area contributed by atoms with Gasteiger partial charge < -0.3 is 28.7 Å². The summed E-state index contributed by atoms with van der Waals surface area (Å²) in [4.78, 5) is 25.2. The number of rotatable bonds is 4. The topological polar surface area (TPSA) is 99.4 Å². The molecule has 0 aliphatic carbocycles. The predicted molar refractivity (Wildman–Crippen MR) is 36.0 cm³/mol. The molecule has 0 saturated heterocycles. The maximum Gasteiger partial charge on any atom is 0.671 e. The molecule has 6 nitrogen and oxygen atoms in total. The Hall–Kier alpha value is -0.0231. The molecule has 11 heavy (non-hydrogen) atoms. The summed E-state index contributed by atoms with van der Waals surface area (Å²) in [6.45, 7) is 1.33. The Morgan fingerprint density at radius 1 is 1.27 bits per heavy atom. The van der Waals surface area contributed by atoms with Gasteiger partial charge in [-0.2, -0.15) is 0 Å². The molecule has 0 rings (SSSR count). The van der Waals surface area contributed by atoms with Crippen LogP contribution in [0.5, 0.6) is 0 Å². The van der Waals surface area contributed by atoms with E-state index in [9.17, 15) is 0 Å². The Morgan fingerprint density at radius 2 is 1.73 bits per heavy atom. The second kappa shape index (κ2) is 4.12. The number of methoxy groups -OCH3 is 1. The van der Waals surface area contributed by atoms with Gasteiger partial charge in [0.15, 0.2) is 6.29 Å². The van der Waals surface area contributed by atoms with Gasteiger partial charge in [-0.15, -0.1) is 0 Å². The molecule has 2 unspecified atom stereocenters. The highest BCUT2D eigenvalue weighted by Crippen LogP contribution is 2.03. The minimum atomic E-state index is -4.54. The minimum absolute atomic E-state index is 0.980. The van der Waals surface area contributed by atoms with E-state index in [-0.39, 0.29) is 0 Å². The molecule has 0 amide bonds. The molecule has 0 aliphatic heterocycles. The molecule has 0 heterocycles. The van der Waals surface area contributed by atoms with Crippen LogP contribution in [0, 0.1) is 0 Å². The first-order chi connectivity index (χ1) is 4.87. The van der Waals surface area contributed by atoms with Crippen LogP contribution in [0.25, 0.3) is 0 Å². The van der Waals surface area contributed by atoms with Gasteiger partial charge in [0.05, 0.1) is 6.10 Å². The van der Waals surface area contributed by atoms with Crippen LogP contribution in [0.4, 0.5) is 0 Å². The summed E-state index contributed by atoms with van der Waals surface area (Å²) in [5.74, 6) is 0. The van der Waals surface area contributed by atoms with Crippen LogP contribution >= 0.6 is 0 Å². The third kappa shape index (κ3) is 5.27. The molecule has 0 radical (unpaired) electrons. The largest absolute Gasteiger partial charge is 0.671 e. The van der Waals surface area contributed by atoms with Crippen molar-refractivity contribution in [3.05, 3.63) is 0 Å². The van der Waals surface area contributed by atoms with Gasteiger partial charge in [-0.3, -0.25) is 0 Å². The molecular weight excluding hydrogens is 172 g/mol. The van der Waals surface area contributed by atoms with Gasteiger partial charge in [0.25, 0.3) is 0 Å². The lowest BCUT2D eigenvalue weighted by molar-refractivity contribution is -0.149. The molecule has 4 N–H and O–H groups in total. The Kier molecular flexibility index (Phi) is 4.11. The van der Waals surface area contributed by atoms with E-state index >= 15 is 0 Å². The zero-order valence-electron chi connectivity index (χ0n) is 6.26. The highest BCUT2D eigenvalue weighted by Gasteiger charge is 2.35. The van der Waals surface area contributed by atoms with Crippen molar-refractivity contribution in [3.8, 4) is 0 Å². The van der Waals surface area contributed by atoms with E-state index in [1.54, 1.807) is 0 Å². The van der Waals surface area contributed by atoms with Gasteiger partial charge in [0.1, 0.15) is 0 Å². The predicted octanol–water partition coefficient (Wildman–Crippen LogP) is -2.23. The maximum absolute atomic E-state index is 8.83. The molecule has 68 valence electrons. The molecular formula is C4H12O6Si. The number of aliphatic hydroxyl groups is 1. The van der Waals surface area contributed by atoms with Crippen LogP contribution in [-0.4, -0.2) is 48.0 Å². The highest BCUT2D eigenvalue weighted by molar-refractivity contribution is 6.48. The maximum atomic E-state index is 8.83. The van der Waals surface area contributed by atoms with Crippen molar-refractivity contribution in [2.24, 2.45) is 0 Å². The summed E-state index contributed by atoms with van der Waals surface area (Å²) in [6.07, 6.45) is -2.26. The fraction of sp³-hybridized carbons (Fsp3) is 1.00. The van der Waals surface area contributed by atoms with Crippen molar-refractivity contribution in [1.29, 1.82) is 0 Å². The third-order valence-electron chi connectivity index (χ3n) is 0.987. The van der Waals surface area contributed by atoms with Crippen molar-refractivity contribution in [1.82, 2.24) is 0 Å². The molecule has 0 saturated carbocycles. The average Bonchev–Trinajstić information content (AvgIpc) is 1.82. The summed E-state index contributed by atoms with van der Waals surface area (Å²) in [5, 5.41) is 8.83. The summed E-state index contributed by atoms with van der Waals surface area (Å²) in [6, 6.07) is 0. The van der Waals surface area contributed by atoms with Gasteiger partial charge in [-0.05, 0) is 6.92 Å². The molecule has 0 aromatic heterocycles. The van der Waals surface area contributed by atoms with E-state index in [4.69, 9.17) is 19.5 Å². The zero-order chi connectivity index (χ0) is 9.07. The van der Waals surface area contributed by atoms with E-state index in [0.29, 0.717) is 0 Å². The van der Waals surface area contributed by atoms with Crippen LogP contribution in [0.1, 0.15) is 6.92 Å². The number of hydrogen-bond acceptors (Lipinski definition) is 6. The summed E-state index contributed by atoms with van der Waals surface area (Å²) in [5.41, 5.74) is 0. The molecule has 2 atom stereocenters. The van der Waals surface area contributed by atoms with Crippen molar-refractivity contribution in [3.63, 3.8) is 0 Å². The van der Waals surface area contributed by atoms with E-state index in [1.807, 2.05) is 0 Å². The average molecular weight is 184 g/mol. The van der Waals surface area contributed by atoms with Gasteiger partial charge in [0.2, 0.25) is 0 Å². The Labute approximate surface area is 65.1 Å². The number of hydrogen-bond donors (Lipinski definition) is 4. The van der Waals surface area contributed by atoms with Crippen LogP contribution < -0.4 is 0 Å². The Morgan fingerprint density at radius 3 is 2.00 bits per heavy atom. The minimum Gasteiger partial charge on any atom is -0.368 e. The Bertz CT molecular complexity index is 112. The summed E-state index contributed by atoms with van der Waals surface area (Å²) in [7, 11) is -3.32. The van der Waals surface area contributed by atoms with Gasteiger partial charge in [-0.1, -0.05) is 0 Å². The van der Waals surface area contributed by atoms with E-state index in [2.05, 4.69) is 9.16 Å². The molecule has 0 aromatic rings. The lowest BCUT2D eigenvalue weighted by Gasteiger charge is -2.20. The SMILES string of the molecule is COC(O)C(C)O[Si](O)(O)O. The first-order valence-corrected chi connectivity index (χ1v) is 4.67. The van der Waals surface area contributed by atoms with Gasteiger partial charge in [0, 0.05) is 7.11 Å². The lowest BCUT2D eigenvalue weighted by Crippen LogP contribution is -2.45. The van der Waals surface area contributed by atoms with E-state index in [0.717, 1.165) is 0 Å². The first kappa shape index (κ1) is 11.0.